The minimum absolute atomic E-state index is 0.0447. The van der Waals surface area contributed by atoms with E-state index in [0.717, 1.165) is 10.0 Å². The van der Waals surface area contributed by atoms with Crippen LogP contribution in [-0.2, 0) is 21.2 Å². The Morgan fingerprint density at radius 2 is 2.00 bits per heavy atom. The molecule has 0 unspecified atom stereocenters. The van der Waals surface area contributed by atoms with Crippen LogP contribution in [0.25, 0.3) is 0 Å². The van der Waals surface area contributed by atoms with Gasteiger partial charge in [0.1, 0.15) is 4.90 Å². The van der Waals surface area contributed by atoms with Crippen LogP contribution >= 0.6 is 27.5 Å². The molecule has 3 rings (SSSR count). The molecule has 1 amide bonds. The first-order valence-corrected chi connectivity index (χ1v) is 9.33. The Bertz CT molecular complexity index is 929. The average Bonchev–Trinajstić information content (AvgIpc) is 2.80. The average molecular weight is 416 g/mol. The van der Waals surface area contributed by atoms with Crippen LogP contribution in [0.4, 0.5) is 11.4 Å². The van der Waals surface area contributed by atoms with E-state index in [1.165, 1.54) is 12.1 Å². The largest absolute Gasteiger partial charge is 0.325 e. The molecule has 0 radical (unpaired) electrons. The van der Waals surface area contributed by atoms with Crippen LogP contribution in [-0.4, -0.2) is 14.3 Å². The first kappa shape index (κ1) is 16.3. The highest BCUT2D eigenvalue weighted by molar-refractivity contribution is 9.10. The highest BCUT2D eigenvalue weighted by Gasteiger charge is 2.25. The van der Waals surface area contributed by atoms with Crippen LogP contribution in [0.1, 0.15) is 11.1 Å². The van der Waals surface area contributed by atoms with Gasteiger partial charge in [0, 0.05) is 10.2 Å². The molecule has 0 spiro atoms. The van der Waals surface area contributed by atoms with Crippen LogP contribution < -0.4 is 10.0 Å². The third-order valence-corrected chi connectivity index (χ3v) is 5.83. The van der Waals surface area contributed by atoms with E-state index in [-0.39, 0.29) is 22.2 Å². The van der Waals surface area contributed by atoms with Crippen molar-refractivity contribution < 1.29 is 13.2 Å². The number of benzene rings is 2. The van der Waals surface area contributed by atoms with Crippen molar-refractivity contribution in [2.75, 3.05) is 10.0 Å². The Morgan fingerprint density at radius 3 is 2.70 bits per heavy atom. The molecule has 5 nitrogen and oxygen atoms in total. The van der Waals surface area contributed by atoms with E-state index in [4.69, 9.17) is 11.6 Å². The van der Waals surface area contributed by atoms with Crippen LogP contribution in [0.2, 0.25) is 5.02 Å². The molecule has 2 N–H and O–H groups in total. The molecule has 0 fully saturated rings. The lowest BCUT2D eigenvalue weighted by Crippen LogP contribution is -2.14. The number of aryl methyl sites for hydroxylation is 1. The SMILES string of the molecule is Cc1cc(Br)ccc1NS(=O)(=O)c1cc2c(cc1Cl)NC(=O)C2. The van der Waals surface area contributed by atoms with Gasteiger partial charge in [-0.2, -0.15) is 0 Å². The number of carbonyl (C=O) groups is 1. The van der Waals surface area contributed by atoms with Crippen molar-refractivity contribution in [3.05, 3.63) is 51.0 Å². The summed E-state index contributed by atoms with van der Waals surface area (Å²) in [6, 6.07) is 8.13. The number of hydrogen-bond acceptors (Lipinski definition) is 3. The van der Waals surface area contributed by atoms with Crippen LogP contribution in [0.15, 0.2) is 39.7 Å². The normalized spacial score (nSPS) is 13.6. The zero-order chi connectivity index (χ0) is 16.8. The second kappa shape index (κ2) is 5.81. The monoisotopic (exact) mass is 414 g/mol. The van der Waals surface area contributed by atoms with Gasteiger partial charge in [0.25, 0.3) is 10.0 Å². The molecule has 2 aromatic carbocycles. The highest BCUT2D eigenvalue weighted by atomic mass is 79.9. The smallest absolute Gasteiger partial charge is 0.263 e. The van der Waals surface area contributed by atoms with E-state index in [9.17, 15) is 13.2 Å². The standard InChI is InChI=1S/C15H12BrClN2O3S/c1-8-4-10(16)2-3-12(8)19-23(21,22)14-5-9-6-15(20)18-13(9)7-11(14)17/h2-5,7,19H,6H2,1H3,(H,18,20). The van der Waals surface area contributed by atoms with Gasteiger partial charge in [0.2, 0.25) is 5.91 Å². The maximum Gasteiger partial charge on any atom is 0.263 e. The van der Waals surface area contributed by atoms with Crippen molar-refractivity contribution in [3.8, 4) is 0 Å². The van der Waals surface area contributed by atoms with E-state index in [1.807, 2.05) is 6.07 Å². The van der Waals surface area contributed by atoms with Gasteiger partial charge in [-0.1, -0.05) is 27.5 Å². The zero-order valence-corrected chi connectivity index (χ0v) is 15.1. The molecule has 0 aromatic heterocycles. The van der Waals surface area contributed by atoms with E-state index in [2.05, 4.69) is 26.0 Å². The number of rotatable bonds is 3. The van der Waals surface area contributed by atoms with Gasteiger partial charge in [-0.05, 0) is 48.4 Å². The minimum Gasteiger partial charge on any atom is -0.325 e. The third-order valence-electron chi connectivity index (χ3n) is 3.51. The molecule has 8 heteroatoms. The first-order chi connectivity index (χ1) is 10.8. The molecule has 1 aliphatic heterocycles. The first-order valence-electron chi connectivity index (χ1n) is 6.67. The summed E-state index contributed by atoms with van der Waals surface area (Å²) in [6.07, 6.45) is 0.145. The summed E-state index contributed by atoms with van der Waals surface area (Å²) < 4.78 is 28.7. The molecule has 0 aliphatic carbocycles. The summed E-state index contributed by atoms with van der Waals surface area (Å²) in [4.78, 5) is 11.4. The zero-order valence-electron chi connectivity index (χ0n) is 12.0. The Kier molecular flexibility index (Phi) is 4.12. The third kappa shape index (κ3) is 3.22. The Morgan fingerprint density at radius 1 is 1.26 bits per heavy atom. The summed E-state index contributed by atoms with van der Waals surface area (Å²) in [5.41, 5.74) is 2.42. The molecule has 1 heterocycles. The molecule has 0 saturated carbocycles. The molecule has 23 heavy (non-hydrogen) atoms. The van der Waals surface area contributed by atoms with Gasteiger partial charge in [-0.25, -0.2) is 8.42 Å². The van der Waals surface area contributed by atoms with Crippen LogP contribution in [0.5, 0.6) is 0 Å². The Hall–Kier alpha value is -1.57. The van der Waals surface area contributed by atoms with Gasteiger partial charge in [-0.3, -0.25) is 9.52 Å². The topological polar surface area (TPSA) is 75.3 Å². The van der Waals surface area contributed by atoms with E-state index >= 15 is 0 Å². The number of amides is 1. The van der Waals surface area contributed by atoms with Crippen molar-refractivity contribution in [2.45, 2.75) is 18.2 Å². The maximum absolute atomic E-state index is 12.6. The molecular formula is C15H12BrClN2O3S. The molecule has 2 aromatic rings. The minimum atomic E-state index is -3.85. The summed E-state index contributed by atoms with van der Waals surface area (Å²) >= 11 is 9.43. The fraction of sp³-hybridized carbons (Fsp3) is 0.133. The van der Waals surface area contributed by atoms with E-state index in [0.29, 0.717) is 16.9 Å². The summed E-state index contributed by atoms with van der Waals surface area (Å²) in [7, 11) is -3.85. The lowest BCUT2D eigenvalue weighted by molar-refractivity contribution is -0.115. The molecule has 0 saturated heterocycles. The van der Waals surface area contributed by atoms with Gasteiger partial charge in [-0.15, -0.1) is 0 Å². The highest BCUT2D eigenvalue weighted by Crippen LogP contribution is 2.33. The van der Waals surface area contributed by atoms with E-state index < -0.39 is 10.0 Å². The molecule has 0 bridgehead atoms. The second-order valence-electron chi connectivity index (χ2n) is 5.23. The van der Waals surface area contributed by atoms with Gasteiger partial charge < -0.3 is 5.32 Å². The lowest BCUT2D eigenvalue weighted by atomic mass is 10.2. The number of carbonyl (C=O) groups excluding carboxylic acids is 1. The van der Waals surface area contributed by atoms with Crippen molar-refractivity contribution >= 4 is 54.8 Å². The van der Waals surface area contributed by atoms with Crippen LogP contribution in [0.3, 0.4) is 0 Å². The number of hydrogen-bond donors (Lipinski definition) is 2. The second-order valence-corrected chi connectivity index (χ2v) is 8.20. The molecular weight excluding hydrogens is 404 g/mol. The molecule has 1 aliphatic rings. The molecule has 0 atom stereocenters. The van der Waals surface area contributed by atoms with Gasteiger partial charge in [0.05, 0.1) is 17.1 Å². The van der Waals surface area contributed by atoms with Crippen molar-refractivity contribution in [1.82, 2.24) is 0 Å². The number of nitrogens with one attached hydrogen (secondary N) is 2. The number of anilines is 2. The molecule has 120 valence electrons. The summed E-state index contributed by atoms with van der Waals surface area (Å²) in [6.45, 7) is 1.80. The number of fused-ring (bicyclic) bond motifs is 1. The van der Waals surface area contributed by atoms with E-state index in [1.54, 1.807) is 19.1 Å². The number of sulfonamides is 1. The predicted octanol–water partition coefficient (Wildman–Crippen LogP) is 3.71. The van der Waals surface area contributed by atoms with Gasteiger partial charge >= 0.3 is 0 Å². The predicted molar refractivity (Wildman–Crippen MR) is 93.5 cm³/mol. The quantitative estimate of drug-likeness (QED) is 0.802. The maximum atomic E-state index is 12.6. The van der Waals surface area contributed by atoms with Crippen molar-refractivity contribution in [2.24, 2.45) is 0 Å². The van der Waals surface area contributed by atoms with Gasteiger partial charge in [0.15, 0.2) is 0 Å². The van der Waals surface area contributed by atoms with Crippen molar-refractivity contribution in [1.29, 1.82) is 0 Å². The lowest BCUT2D eigenvalue weighted by Gasteiger charge is -2.13. The Labute approximate surface area is 147 Å². The summed E-state index contributed by atoms with van der Waals surface area (Å²) in [5, 5.41) is 2.70. The fourth-order valence-electron chi connectivity index (χ4n) is 2.37. The Balaban J connectivity index is 2.00. The fourth-order valence-corrected chi connectivity index (χ4v) is 4.56. The van der Waals surface area contributed by atoms with Crippen molar-refractivity contribution in [3.63, 3.8) is 0 Å². The summed E-state index contributed by atoms with van der Waals surface area (Å²) in [5.74, 6) is -0.178. The van der Waals surface area contributed by atoms with Crippen LogP contribution in [0, 0.1) is 6.92 Å². The number of halogens is 2.